The summed E-state index contributed by atoms with van der Waals surface area (Å²) in [4.78, 5) is 2.45. The molecule has 2 aromatic rings. The van der Waals surface area contributed by atoms with Gasteiger partial charge in [0.05, 0.1) is 6.17 Å². The Labute approximate surface area is 108 Å². The molecule has 0 aliphatic carbocycles. The second-order valence-electron chi connectivity index (χ2n) is 4.69. The zero-order valence-electron chi connectivity index (χ0n) is 10.4. The Kier molecular flexibility index (Phi) is 3.29. The van der Waals surface area contributed by atoms with Gasteiger partial charge in [-0.25, -0.2) is 0 Å². The summed E-state index contributed by atoms with van der Waals surface area (Å²) in [5.74, 6) is 0. The molecule has 2 aromatic carbocycles. The highest BCUT2D eigenvalue weighted by atomic mass is 15.3. The van der Waals surface area contributed by atoms with Gasteiger partial charge in [-0.05, 0) is 17.7 Å². The van der Waals surface area contributed by atoms with Gasteiger partial charge in [0.1, 0.15) is 0 Å². The molecule has 3 rings (SSSR count). The molecule has 1 atom stereocenters. The molecule has 1 aliphatic heterocycles. The van der Waals surface area contributed by atoms with Crippen molar-refractivity contribution in [2.24, 2.45) is 0 Å². The van der Waals surface area contributed by atoms with Gasteiger partial charge in [-0.2, -0.15) is 0 Å². The first-order valence-corrected chi connectivity index (χ1v) is 6.52. The zero-order chi connectivity index (χ0) is 12.2. The first-order valence-electron chi connectivity index (χ1n) is 6.52. The summed E-state index contributed by atoms with van der Waals surface area (Å²) in [6.07, 6.45) is 1.46. The van der Waals surface area contributed by atoms with E-state index in [1.807, 2.05) is 0 Å². The maximum Gasteiger partial charge on any atom is 0.0837 e. The van der Waals surface area contributed by atoms with Crippen molar-refractivity contribution in [2.75, 3.05) is 18.0 Å². The second kappa shape index (κ2) is 5.23. The molecule has 1 heterocycles. The molecule has 0 saturated carbocycles. The van der Waals surface area contributed by atoms with E-state index in [4.69, 9.17) is 0 Å². The van der Waals surface area contributed by atoms with E-state index < -0.39 is 0 Å². The molecule has 0 spiro atoms. The van der Waals surface area contributed by atoms with Crippen LogP contribution in [0.25, 0.3) is 0 Å². The van der Waals surface area contributed by atoms with E-state index in [2.05, 4.69) is 70.9 Å². The Bertz CT molecular complexity index is 481. The molecule has 2 nitrogen and oxygen atoms in total. The Hall–Kier alpha value is -1.80. The van der Waals surface area contributed by atoms with Gasteiger partial charge in [0.15, 0.2) is 0 Å². The largest absolute Gasteiger partial charge is 0.354 e. The lowest BCUT2D eigenvalue weighted by atomic mass is 10.1. The fourth-order valence-electron chi connectivity index (χ4n) is 2.57. The fraction of sp³-hybridized carbons (Fsp3) is 0.250. The van der Waals surface area contributed by atoms with Gasteiger partial charge in [-0.3, -0.25) is 5.32 Å². The van der Waals surface area contributed by atoms with Crippen molar-refractivity contribution in [1.82, 2.24) is 5.32 Å². The number of hydrogen-bond acceptors (Lipinski definition) is 2. The second-order valence-corrected chi connectivity index (χ2v) is 4.69. The maximum atomic E-state index is 3.58. The number of benzene rings is 2. The third-order valence-corrected chi connectivity index (χ3v) is 3.47. The lowest BCUT2D eigenvalue weighted by Crippen LogP contribution is -2.37. The summed E-state index contributed by atoms with van der Waals surface area (Å²) in [7, 11) is 0. The Morgan fingerprint density at radius 2 is 1.61 bits per heavy atom. The Morgan fingerprint density at radius 3 is 2.33 bits per heavy atom. The molecule has 1 saturated heterocycles. The van der Waals surface area contributed by atoms with Crippen LogP contribution in [0.4, 0.5) is 5.69 Å². The number of anilines is 1. The third kappa shape index (κ3) is 2.39. The van der Waals surface area contributed by atoms with Crippen LogP contribution in [0, 0.1) is 0 Å². The SMILES string of the molecule is c1ccc(CC2NCCN2c2ccccc2)cc1. The molecular formula is C16H18N2. The molecule has 1 unspecified atom stereocenters. The fourth-order valence-corrected chi connectivity index (χ4v) is 2.57. The van der Waals surface area contributed by atoms with E-state index in [1.54, 1.807) is 0 Å². The predicted octanol–water partition coefficient (Wildman–Crippen LogP) is 2.67. The molecule has 1 N–H and O–H groups in total. The van der Waals surface area contributed by atoms with Crippen molar-refractivity contribution in [3.05, 3.63) is 66.2 Å². The Balaban J connectivity index is 1.76. The van der Waals surface area contributed by atoms with Crippen LogP contribution in [0.3, 0.4) is 0 Å². The average Bonchev–Trinajstić information content (AvgIpc) is 2.89. The van der Waals surface area contributed by atoms with Crippen LogP contribution < -0.4 is 10.2 Å². The van der Waals surface area contributed by atoms with E-state index in [9.17, 15) is 0 Å². The number of rotatable bonds is 3. The normalized spacial score (nSPS) is 19.1. The minimum absolute atomic E-state index is 0.412. The summed E-state index contributed by atoms with van der Waals surface area (Å²) in [5, 5.41) is 3.58. The highest BCUT2D eigenvalue weighted by molar-refractivity contribution is 5.48. The van der Waals surface area contributed by atoms with Crippen molar-refractivity contribution < 1.29 is 0 Å². The maximum absolute atomic E-state index is 3.58. The quantitative estimate of drug-likeness (QED) is 0.884. The zero-order valence-corrected chi connectivity index (χ0v) is 10.4. The van der Waals surface area contributed by atoms with E-state index in [0.29, 0.717) is 6.17 Å². The van der Waals surface area contributed by atoms with Crippen LogP contribution in [0.2, 0.25) is 0 Å². The number of nitrogens with one attached hydrogen (secondary N) is 1. The minimum Gasteiger partial charge on any atom is -0.354 e. The van der Waals surface area contributed by atoms with Gasteiger partial charge in [-0.1, -0.05) is 48.5 Å². The number of para-hydroxylation sites is 1. The van der Waals surface area contributed by atoms with Gasteiger partial charge in [0.2, 0.25) is 0 Å². The number of hydrogen-bond donors (Lipinski definition) is 1. The third-order valence-electron chi connectivity index (χ3n) is 3.47. The van der Waals surface area contributed by atoms with Crippen LogP contribution in [0.15, 0.2) is 60.7 Å². The van der Waals surface area contributed by atoms with Crippen LogP contribution in [-0.2, 0) is 6.42 Å². The lowest BCUT2D eigenvalue weighted by molar-refractivity contribution is 0.601. The Morgan fingerprint density at radius 1 is 0.944 bits per heavy atom. The molecule has 1 aliphatic rings. The van der Waals surface area contributed by atoms with Gasteiger partial charge < -0.3 is 4.90 Å². The molecule has 0 bridgehead atoms. The summed E-state index contributed by atoms with van der Waals surface area (Å²) >= 11 is 0. The first-order chi connectivity index (χ1) is 8.93. The molecular weight excluding hydrogens is 220 g/mol. The standard InChI is InChI=1S/C16H18N2/c1-3-7-14(8-4-1)13-16-17-11-12-18(16)15-9-5-2-6-10-15/h1-10,16-17H,11-13H2. The first kappa shape index (κ1) is 11.3. The summed E-state index contributed by atoms with van der Waals surface area (Å²) in [6, 6.07) is 21.3. The molecule has 0 aromatic heterocycles. The van der Waals surface area contributed by atoms with Gasteiger partial charge in [-0.15, -0.1) is 0 Å². The molecule has 92 valence electrons. The van der Waals surface area contributed by atoms with Gasteiger partial charge in [0, 0.05) is 25.2 Å². The van der Waals surface area contributed by atoms with E-state index in [-0.39, 0.29) is 0 Å². The summed E-state index contributed by atoms with van der Waals surface area (Å²) in [5.41, 5.74) is 2.70. The molecule has 2 heteroatoms. The molecule has 18 heavy (non-hydrogen) atoms. The molecule has 1 fully saturated rings. The monoisotopic (exact) mass is 238 g/mol. The minimum atomic E-state index is 0.412. The van der Waals surface area contributed by atoms with E-state index >= 15 is 0 Å². The van der Waals surface area contributed by atoms with Crippen molar-refractivity contribution >= 4 is 5.69 Å². The van der Waals surface area contributed by atoms with E-state index in [1.165, 1.54) is 11.3 Å². The van der Waals surface area contributed by atoms with Crippen LogP contribution >= 0.6 is 0 Å². The van der Waals surface area contributed by atoms with E-state index in [0.717, 1.165) is 19.5 Å². The van der Waals surface area contributed by atoms with Crippen molar-refractivity contribution in [3.8, 4) is 0 Å². The van der Waals surface area contributed by atoms with Crippen LogP contribution in [0.5, 0.6) is 0 Å². The van der Waals surface area contributed by atoms with Crippen molar-refractivity contribution in [1.29, 1.82) is 0 Å². The smallest absolute Gasteiger partial charge is 0.0837 e. The molecule has 0 radical (unpaired) electrons. The lowest BCUT2D eigenvalue weighted by Gasteiger charge is -2.26. The highest BCUT2D eigenvalue weighted by Gasteiger charge is 2.23. The number of nitrogens with zero attached hydrogens (tertiary/aromatic N) is 1. The molecule has 0 amide bonds. The van der Waals surface area contributed by atoms with Gasteiger partial charge in [0.25, 0.3) is 0 Å². The summed E-state index contributed by atoms with van der Waals surface area (Å²) in [6.45, 7) is 2.15. The average molecular weight is 238 g/mol. The van der Waals surface area contributed by atoms with Gasteiger partial charge >= 0.3 is 0 Å². The van der Waals surface area contributed by atoms with Crippen molar-refractivity contribution in [3.63, 3.8) is 0 Å². The topological polar surface area (TPSA) is 15.3 Å². The summed E-state index contributed by atoms with van der Waals surface area (Å²) < 4.78 is 0. The predicted molar refractivity (Wildman–Crippen MR) is 75.7 cm³/mol. The van der Waals surface area contributed by atoms with Crippen LogP contribution in [0.1, 0.15) is 5.56 Å². The highest BCUT2D eigenvalue weighted by Crippen LogP contribution is 2.20. The van der Waals surface area contributed by atoms with Crippen LogP contribution in [-0.4, -0.2) is 19.3 Å². The van der Waals surface area contributed by atoms with Crippen molar-refractivity contribution in [2.45, 2.75) is 12.6 Å².